The van der Waals surface area contributed by atoms with Crippen molar-refractivity contribution in [1.29, 1.82) is 0 Å². The van der Waals surface area contributed by atoms with E-state index in [4.69, 9.17) is 14.2 Å². The van der Waals surface area contributed by atoms with E-state index in [1.165, 1.54) is 19.9 Å². The third kappa shape index (κ3) is 3.71. The van der Waals surface area contributed by atoms with Gasteiger partial charge in [-0.2, -0.15) is 0 Å². The van der Waals surface area contributed by atoms with E-state index in [9.17, 15) is 24.3 Å². The Bertz CT molecular complexity index is 810. The Hall–Kier alpha value is -2.74. The Morgan fingerprint density at radius 3 is 2.40 bits per heavy atom. The van der Waals surface area contributed by atoms with Crippen LogP contribution in [0.5, 0.6) is 0 Å². The normalized spacial score (nSPS) is 34.8. The number of esters is 3. The van der Waals surface area contributed by atoms with Gasteiger partial charge >= 0.3 is 17.9 Å². The van der Waals surface area contributed by atoms with E-state index in [1.54, 1.807) is 13.8 Å². The average molecular weight is 420 g/mol. The Labute approximate surface area is 175 Å². The lowest BCUT2D eigenvalue weighted by Crippen LogP contribution is -2.67. The summed E-state index contributed by atoms with van der Waals surface area (Å²) in [6, 6.07) is 0. The molecular formula is C22H28O8. The van der Waals surface area contributed by atoms with Crippen molar-refractivity contribution < 1.29 is 38.5 Å². The molecule has 2 bridgehead atoms. The molecule has 7 atom stereocenters. The van der Waals surface area contributed by atoms with Crippen molar-refractivity contribution in [3.05, 3.63) is 37.0 Å². The SMILES string of the molecule is C=C[C@@]1(C)[C@H]2OC(=O)C(=C)[C@H]([C@@H]2OC(C)=O)[C@H](OC(=O)[C@@](C)(O)CC)[C@@H]1C(=C)C=O. The maximum Gasteiger partial charge on any atom is 0.338 e. The molecule has 0 unspecified atom stereocenters. The van der Waals surface area contributed by atoms with Crippen molar-refractivity contribution in [2.45, 2.75) is 58.0 Å². The predicted molar refractivity (Wildman–Crippen MR) is 106 cm³/mol. The highest BCUT2D eigenvalue weighted by Gasteiger charge is 2.65. The lowest BCUT2D eigenvalue weighted by atomic mass is 9.55. The molecule has 0 spiro atoms. The van der Waals surface area contributed by atoms with Crippen LogP contribution in [0.1, 0.15) is 34.1 Å². The maximum absolute atomic E-state index is 12.7. The summed E-state index contributed by atoms with van der Waals surface area (Å²) in [6.45, 7) is 17.1. The van der Waals surface area contributed by atoms with Crippen LogP contribution in [0.3, 0.4) is 0 Å². The fourth-order valence-corrected chi connectivity index (χ4v) is 4.18. The van der Waals surface area contributed by atoms with Gasteiger partial charge in [0.15, 0.2) is 11.7 Å². The summed E-state index contributed by atoms with van der Waals surface area (Å²) >= 11 is 0. The van der Waals surface area contributed by atoms with Gasteiger partial charge in [-0.15, -0.1) is 6.58 Å². The second-order valence-corrected chi connectivity index (χ2v) is 8.19. The van der Waals surface area contributed by atoms with E-state index < -0.39 is 59.1 Å². The van der Waals surface area contributed by atoms with Crippen molar-refractivity contribution in [3.8, 4) is 0 Å². The predicted octanol–water partition coefficient (Wildman–Crippen LogP) is 1.67. The molecule has 8 heteroatoms. The van der Waals surface area contributed by atoms with Crippen LogP contribution in [0.15, 0.2) is 37.0 Å². The Morgan fingerprint density at radius 1 is 1.33 bits per heavy atom. The number of fused-ring (bicyclic) bond motifs is 2. The molecule has 2 aliphatic rings. The van der Waals surface area contributed by atoms with Gasteiger partial charge in [-0.3, -0.25) is 9.59 Å². The molecule has 0 aromatic heterocycles. The van der Waals surface area contributed by atoms with Crippen molar-refractivity contribution in [2.24, 2.45) is 17.3 Å². The van der Waals surface area contributed by atoms with Gasteiger partial charge in [0.1, 0.15) is 18.5 Å². The molecule has 30 heavy (non-hydrogen) atoms. The molecule has 2 fully saturated rings. The molecular weight excluding hydrogens is 392 g/mol. The first kappa shape index (κ1) is 23.5. The molecule has 1 N–H and O–H groups in total. The molecule has 1 heterocycles. The third-order valence-corrected chi connectivity index (χ3v) is 6.18. The minimum Gasteiger partial charge on any atom is -0.459 e. The van der Waals surface area contributed by atoms with Crippen LogP contribution in [0.25, 0.3) is 0 Å². The van der Waals surface area contributed by atoms with Crippen molar-refractivity contribution in [1.82, 2.24) is 0 Å². The number of carbonyl (C=O) groups excluding carboxylic acids is 4. The molecule has 1 saturated carbocycles. The van der Waals surface area contributed by atoms with E-state index in [0.717, 1.165) is 0 Å². The third-order valence-electron chi connectivity index (χ3n) is 6.18. The Morgan fingerprint density at radius 2 is 1.93 bits per heavy atom. The van der Waals surface area contributed by atoms with Gasteiger partial charge in [-0.1, -0.05) is 33.1 Å². The van der Waals surface area contributed by atoms with Crippen LogP contribution in [-0.2, 0) is 33.4 Å². The second-order valence-electron chi connectivity index (χ2n) is 8.19. The highest BCUT2D eigenvalue weighted by Crippen LogP contribution is 2.54. The summed E-state index contributed by atoms with van der Waals surface area (Å²) in [4.78, 5) is 48.7. The zero-order chi connectivity index (χ0) is 23.0. The summed E-state index contributed by atoms with van der Waals surface area (Å²) in [5.41, 5.74) is -2.97. The smallest absolute Gasteiger partial charge is 0.338 e. The summed E-state index contributed by atoms with van der Waals surface area (Å²) in [5, 5.41) is 10.4. The standard InChI is InChI=1S/C22H28O8/c1-8-21(6)15(11(3)10-23)16(29-20(26)22(7,27)9-2)14-12(4)19(25)30-18(21)17(14)28-13(5)24/h8,10,14-18,27H,1,3-4,9H2,2,5-7H3/t14-,15-,16-,17-,18-,21+,22-/m0/s1. The first-order chi connectivity index (χ1) is 13.8. The molecule has 0 radical (unpaired) electrons. The largest absolute Gasteiger partial charge is 0.459 e. The van der Waals surface area contributed by atoms with E-state index in [2.05, 4.69) is 19.7 Å². The van der Waals surface area contributed by atoms with E-state index in [0.29, 0.717) is 6.29 Å². The lowest BCUT2D eigenvalue weighted by Gasteiger charge is -2.56. The van der Waals surface area contributed by atoms with Crippen molar-refractivity contribution in [3.63, 3.8) is 0 Å². The van der Waals surface area contributed by atoms with E-state index in [-0.39, 0.29) is 17.6 Å². The zero-order valence-electron chi connectivity index (χ0n) is 17.7. The summed E-state index contributed by atoms with van der Waals surface area (Å²) in [7, 11) is 0. The molecule has 1 aliphatic heterocycles. The number of rotatable bonds is 7. The van der Waals surface area contributed by atoms with Gasteiger partial charge in [-0.25, -0.2) is 9.59 Å². The van der Waals surface area contributed by atoms with Gasteiger partial charge in [0, 0.05) is 23.8 Å². The molecule has 0 aromatic carbocycles. The number of carbonyl (C=O) groups is 4. The number of hydrogen-bond donors (Lipinski definition) is 1. The quantitative estimate of drug-likeness (QED) is 0.217. The van der Waals surface area contributed by atoms with Gasteiger partial charge in [0.05, 0.1) is 5.92 Å². The summed E-state index contributed by atoms with van der Waals surface area (Å²) < 4.78 is 16.7. The van der Waals surface area contributed by atoms with Gasteiger partial charge in [0.25, 0.3) is 0 Å². The summed E-state index contributed by atoms with van der Waals surface area (Å²) in [5.74, 6) is -4.18. The molecule has 164 valence electrons. The number of ether oxygens (including phenoxy) is 3. The fourth-order valence-electron chi connectivity index (χ4n) is 4.18. The second kappa shape index (κ2) is 8.18. The molecule has 1 saturated heterocycles. The highest BCUT2D eigenvalue weighted by molar-refractivity contribution is 5.90. The Kier molecular flexibility index (Phi) is 6.42. The van der Waals surface area contributed by atoms with E-state index >= 15 is 0 Å². The first-order valence-electron chi connectivity index (χ1n) is 9.63. The first-order valence-corrected chi connectivity index (χ1v) is 9.63. The van der Waals surface area contributed by atoms with Gasteiger partial charge < -0.3 is 19.3 Å². The highest BCUT2D eigenvalue weighted by atomic mass is 16.6. The molecule has 1 aliphatic carbocycles. The van der Waals surface area contributed by atoms with Gasteiger partial charge in [-0.05, 0) is 18.9 Å². The monoisotopic (exact) mass is 420 g/mol. The van der Waals surface area contributed by atoms with Crippen LogP contribution >= 0.6 is 0 Å². The number of aliphatic hydroxyl groups is 1. The van der Waals surface area contributed by atoms with Gasteiger partial charge in [0.2, 0.25) is 0 Å². The lowest BCUT2D eigenvalue weighted by molar-refractivity contribution is -0.227. The minimum absolute atomic E-state index is 0.0683. The molecule has 8 nitrogen and oxygen atoms in total. The zero-order valence-corrected chi connectivity index (χ0v) is 17.7. The maximum atomic E-state index is 12.7. The molecule has 0 amide bonds. The molecule has 0 aromatic rings. The van der Waals surface area contributed by atoms with Crippen LogP contribution in [0.4, 0.5) is 0 Å². The minimum atomic E-state index is -1.80. The van der Waals surface area contributed by atoms with Crippen LogP contribution in [0, 0.1) is 17.3 Å². The molecule has 2 rings (SSSR count). The van der Waals surface area contributed by atoms with Crippen LogP contribution in [0.2, 0.25) is 0 Å². The topological polar surface area (TPSA) is 116 Å². The fraction of sp³-hybridized carbons (Fsp3) is 0.545. The van der Waals surface area contributed by atoms with Crippen LogP contribution in [-0.4, -0.2) is 53.2 Å². The van der Waals surface area contributed by atoms with Crippen molar-refractivity contribution in [2.75, 3.05) is 0 Å². The Balaban J connectivity index is 2.71. The van der Waals surface area contributed by atoms with E-state index in [1.807, 2.05) is 0 Å². The number of aldehydes is 1. The average Bonchev–Trinajstić information content (AvgIpc) is 2.68. The number of hydrogen-bond acceptors (Lipinski definition) is 8. The van der Waals surface area contributed by atoms with Crippen LogP contribution < -0.4 is 0 Å². The summed E-state index contributed by atoms with van der Waals surface area (Å²) in [6.07, 6.45) is -1.17. The van der Waals surface area contributed by atoms with Crippen molar-refractivity contribution >= 4 is 24.2 Å².